The van der Waals surface area contributed by atoms with Crippen LogP contribution in [0.4, 0.5) is 0 Å². The molecule has 1 aromatic rings. The summed E-state index contributed by atoms with van der Waals surface area (Å²) in [5, 5.41) is 22.3. The lowest BCUT2D eigenvalue weighted by Crippen LogP contribution is -2.63. The fourth-order valence-corrected chi connectivity index (χ4v) is 8.23. The molecule has 158 valence electrons. The molecule has 0 radical (unpaired) electrons. The minimum atomic E-state index is -0.798. The average Bonchev–Trinajstić information content (AvgIpc) is 3.00. The predicted octanol–water partition coefficient (Wildman–Crippen LogP) is 3.42. The minimum absolute atomic E-state index is 0.124. The summed E-state index contributed by atoms with van der Waals surface area (Å²) in [5.74, 6) is 0.741. The second kappa shape index (κ2) is 6.52. The monoisotopic (exact) mass is 400 g/mol. The van der Waals surface area contributed by atoms with Crippen molar-refractivity contribution in [2.45, 2.75) is 82.3 Å². The van der Waals surface area contributed by atoms with Gasteiger partial charge in [-0.05, 0) is 93.1 Å². The molecule has 0 bridgehead atoms. The van der Waals surface area contributed by atoms with Crippen LogP contribution >= 0.6 is 0 Å². The highest BCUT2D eigenvalue weighted by Gasteiger charge is 2.68. The fraction of sp³-hybridized carbons (Fsp3) is 0.750. The van der Waals surface area contributed by atoms with Gasteiger partial charge in [0.15, 0.2) is 0 Å². The van der Waals surface area contributed by atoms with Gasteiger partial charge in [0.25, 0.3) is 0 Å². The maximum absolute atomic E-state index is 12.5. The van der Waals surface area contributed by atoms with E-state index in [0.29, 0.717) is 6.42 Å². The summed E-state index contributed by atoms with van der Waals surface area (Å²) in [6.45, 7) is 2.20. The molecule has 4 saturated carbocycles. The molecule has 1 aromatic heterocycles. The molecule has 29 heavy (non-hydrogen) atoms. The molecular formula is C24H32O5. The van der Waals surface area contributed by atoms with E-state index in [1.807, 2.05) is 6.07 Å². The zero-order chi connectivity index (χ0) is 20.4. The van der Waals surface area contributed by atoms with Crippen molar-refractivity contribution in [3.05, 3.63) is 34.4 Å². The molecule has 5 rings (SSSR count). The summed E-state index contributed by atoms with van der Waals surface area (Å²) in [4.78, 5) is 23.9. The Kier molecular flexibility index (Phi) is 4.38. The Hall–Kier alpha value is -1.46. The number of aliphatic hydroxyl groups excluding tert-OH is 1. The summed E-state index contributed by atoms with van der Waals surface area (Å²) in [7, 11) is 0. The van der Waals surface area contributed by atoms with Gasteiger partial charge in [-0.3, -0.25) is 0 Å². The van der Waals surface area contributed by atoms with Crippen LogP contribution in [-0.4, -0.2) is 28.2 Å². The van der Waals surface area contributed by atoms with E-state index >= 15 is 0 Å². The highest BCUT2D eigenvalue weighted by molar-refractivity contribution is 5.62. The van der Waals surface area contributed by atoms with Crippen molar-refractivity contribution >= 4 is 6.29 Å². The summed E-state index contributed by atoms with van der Waals surface area (Å²) in [5.41, 5.74) is -0.799. The van der Waals surface area contributed by atoms with Crippen LogP contribution in [0.3, 0.4) is 0 Å². The lowest BCUT2D eigenvalue weighted by molar-refractivity contribution is -0.204. The standard InChI is InChI=1S/C24H32O5/c1-22-9-7-19-20(4-3-16-12-17(26)6-10-23(16,19)14-25)24(22,28)11-8-18(22)15-2-5-21(27)29-13-15/h2,5,13-14,16-20,26,28H,3-4,6-12H2,1H3/t16-,17+,18-,19?,20?,22-,23-,24+/m1/s1. The first kappa shape index (κ1) is 19.5. The van der Waals surface area contributed by atoms with Gasteiger partial charge >= 0.3 is 5.63 Å². The molecular weight excluding hydrogens is 368 g/mol. The minimum Gasteiger partial charge on any atom is -0.431 e. The molecule has 5 heteroatoms. The van der Waals surface area contributed by atoms with E-state index < -0.39 is 5.60 Å². The quantitative estimate of drug-likeness (QED) is 0.743. The van der Waals surface area contributed by atoms with Gasteiger partial charge in [0.2, 0.25) is 0 Å². The summed E-state index contributed by atoms with van der Waals surface area (Å²) in [6, 6.07) is 3.33. The Bertz CT molecular complexity index is 843. The average molecular weight is 401 g/mol. The first-order chi connectivity index (χ1) is 13.8. The second-order valence-electron chi connectivity index (χ2n) is 10.5. The van der Waals surface area contributed by atoms with Crippen molar-refractivity contribution in [3.8, 4) is 0 Å². The Balaban J connectivity index is 1.50. The molecule has 0 spiro atoms. The molecule has 5 nitrogen and oxygen atoms in total. The highest BCUT2D eigenvalue weighted by atomic mass is 16.4. The van der Waals surface area contributed by atoms with Gasteiger partial charge in [-0.25, -0.2) is 4.79 Å². The topological polar surface area (TPSA) is 87.7 Å². The number of carbonyl (C=O) groups is 1. The summed E-state index contributed by atoms with van der Waals surface area (Å²) >= 11 is 0. The third kappa shape index (κ3) is 2.53. The van der Waals surface area contributed by atoms with E-state index in [1.54, 1.807) is 6.26 Å². The van der Waals surface area contributed by atoms with Crippen LogP contribution in [0.15, 0.2) is 27.6 Å². The SMILES string of the molecule is C[C@]12CCC3C(CC[C@@H]4C[C@@H](O)CC[C@]34C=O)[C@@]1(O)CC[C@@H]2c1ccc(=O)oc1. The first-order valence-corrected chi connectivity index (χ1v) is 11.3. The largest absolute Gasteiger partial charge is 0.431 e. The zero-order valence-electron chi connectivity index (χ0n) is 17.2. The molecule has 1 heterocycles. The van der Waals surface area contributed by atoms with E-state index in [2.05, 4.69) is 6.92 Å². The Labute approximate surface area is 171 Å². The Morgan fingerprint density at radius 3 is 2.62 bits per heavy atom. The van der Waals surface area contributed by atoms with E-state index in [0.717, 1.165) is 56.9 Å². The Morgan fingerprint density at radius 2 is 1.90 bits per heavy atom. The molecule has 0 aromatic carbocycles. The highest BCUT2D eigenvalue weighted by Crippen LogP contribution is 2.70. The number of aliphatic hydroxyl groups is 2. The molecule has 4 aliphatic carbocycles. The van der Waals surface area contributed by atoms with Crippen LogP contribution in [0.25, 0.3) is 0 Å². The van der Waals surface area contributed by atoms with Crippen molar-refractivity contribution in [3.63, 3.8) is 0 Å². The number of fused-ring (bicyclic) bond motifs is 5. The molecule has 2 N–H and O–H groups in total. The van der Waals surface area contributed by atoms with Crippen LogP contribution in [-0.2, 0) is 4.79 Å². The number of aldehydes is 1. The van der Waals surface area contributed by atoms with Gasteiger partial charge in [-0.2, -0.15) is 0 Å². The van der Waals surface area contributed by atoms with Crippen LogP contribution < -0.4 is 5.63 Å². The van der Waals surface area contributed by atoms with E-state index in [1.165, 1.54) is 12.4 Å². The fourth-order valence-electron chi connectivity index (χ4n) is 8.23. The normalized spacial score (nSPS) is 49.0. The van der Waals surface area contributed by atoms with Gasteiger partial charge in [0.1, 0.15) is 6.29 Å². The van der Waals surface area contributed by atoms with Gasteiger partial charge in [-0.15, -0.1) is 0 Å². The Morgan fingerprint density at radius 1 is 1.07 bits per heavy atom. The summed E-state index contributed by atoms with van der Waals surface area (Å²) in [6.07, 6.45) is 9.93. The predicted molar refractivity (Wildman–Crippen MR) is 107 cm³/mol. The van der Waals surface area contributed by atoms with Gasteiger partial charge in [-0.1, -0.05) is 6.92 Å². The molecule has 0 amide bonds. The third-order valence-corrected chi connectivity index (χ3v) is 9.73. The first-order valence-electron chi connectivity index (χ1n) is 11.3. The van der Waals surface area contributed by atoms with E-state index in [-0.39, 0.29) is 46.2 Å². The van der Waals surface area contributed by atoms with E-state index in [9.17, 15) is 19.8 Å². The lowest BCUT2D eigenvalue weighted by atomic mass is 9.43. The maximum atomic E-state index is 12.5. The molecule has 2 unspecified atom stereocenters. The lowest BCUT2D eigenvalue weighted by Gasteiger charge is -2.62. The van der Waals surface area contributed by atoms with Crippen LogP contribution in [0.2, 0.25) is 0 Å². The molecule has 8 atom stereocenters. The molecule has 0 saturated heterocycles. The number of carbonyl (C=O) groups excluding carboxylic acids is 1. The van der Waals surface area contributed by atoms with Gasteiger partial charge in [0, 0.05) is 16.9 Å². The second-order valence-corrected chi connectivity index (χ2v) is 10.5. The van der Waals surface area contributed by atoms with Crippen LogP contribution in [0.1, 0.15) is 76.2 Å². The number of hydrogen-bond donors (Lipinski definition) is 2. The third-order valence-electron chi connectivity index (χ3n) is 9.73. The van der Waals surface area contributed by atoms with E-state index in [4.69, 9.17) is 4.42 Å². The van der Waals surface area contributed by atoms with Crippen molar-refractivity contribution in [1.29, 1.82) is 0 Å². The van der Waals surface area contributed by atoms with Gasteiger partial charge < -0.3 is 19.4 Å². The molecule has 4 aliphatic rings. The molecule has 0 aliphatic heterocycles. The van der Waals surface area contributed by atoms with Crippen molar-refractivity contribution in [2.24, 2.45) is 28.6 Å². The molecule has 4 fully saturated rings. The van der Waals surface area contributed by atoms with Crippen LogP contribution in [0.5, 0.6) is 0 Å². The zero-order valence-corrected chi connectivity index (χ0v) is 17.2. The number of rotatable bonds is 2. The summed E-state index contributed by atoms with van der Waals surface area (Å²) < 4.78 is 5.14. The maximum Gasteiger partial charge on any atom is 0.335 e. The van der Waals surface area contributed by atoms with Crippen molar-refractivity contribution in [2.75, 3.05) is 0 Å². The van der Waals surface area contributed by atoms with Crippen molar-refractivity contribution in [1.82, 2.24) is 0 Å². The number of hydrogen-bond acceptors (Lipinski definition) is 5. The van der Waals surface area contributed by atoms with Crippen molar-refractivity contribution < 1.29 is 19.4 Å². The smallest absolute Gasteiger partial charge is 0.335 e. The van der Waals surface area contributed by atoms with Gasteiger partial charge in [0.05, 0.1) is 18.0 Å². The van der Waals surface area contributed by atoms with Crippen LogP contribution in [0, 0.1) is 28.6 Å².